The highest BCUT2D eigenvalue weighted by molar-refractivity contribution is 5.92. The van der Waals surface area contributed by atoms with Crippen molar-refractivity contribution in [2.24, 2.45) is 5.92 Å². The highest BCUT2D eigenvalue weighted by atomic mass is 16.5. The number of hydrogen-bond donors (Lipinski definition) is 0. The van der Waals surface area contributed by atoms with Crippen molar-refractivity contribution in [3.8, 4) is 5.75 Å². The lowest BCUT2D eigenvalue weighted by Gasteiger charge is -2.18. The molecule has 0 fully saturated rings. The predicted octanol–water partition coefficient (Wildman–Crippen LogP) is 9.01. The van der Waals surface area contributed by atoms with Gasteiger partial charge < -0.3 is 18.6 Å². The fourth-order valence-electron chi connectivity index (χ4n) is 5.16. The van der Waals surface area contributed by atoms with Gasteiger partial charge in [0, 0.05) is 10.9 Å². The van der Waals surface area contributed by atoms with E-state index < -0.39 is 5.92 Å². The van der Waals surface area contributed by atoms with Crippen LogP contribution in [0.2, 0.25) is 0 Å². The van der Waals surface area contributed by atoms with Gasteiger partial charge in [0.1, 0.15) is 17.9 Å². The van der Waals surface area contributed by atoms with Crippen molar-refractivity contribution in [3.05, 3.63) is 113 Å². The fourth-order valence-corrected chi connectivity index (χ4v) is 5.16. The second-order valence-corrected chi connectivity index (χ2v) is 10.8. The second kappa shape index (κ2) is 15.8. The molecule has 42 heavy (non-hydrogen) atoms. The van der Waals surface area contributed by atoms with E-state index in [1.165, 1.54) is 7.11 Å². The summed E-state index contributed by atoms with van der Waals surface area (Å²) >= 11 is 0. The molecule has 4 rings (SSSR count). The zero-order valence-electron chi connectivity index (χ0n) is 25.2. The summed E-state index contributed by atoms with van der Waals surface area (Å²) in [6, 6.07) is 22.5. The Balaban J connectivity index is 1.69. The van der Waals surface area contributed by atoms with Crippen LogP contribution in [0.25, 0.3) is 23.1 Å². The summed E-state index contributed by atoms with van der Waals surface area (Å²) in [6.45, 7) is 7.60. The van der Waals surface area contributed by atoms with Crippen molar-refractivity contribution in [1.29, 1.82) is 0 Å². The first kappa shape index (κ1) is 30.9. The first-order chi connectivity index (χ1) is 20.5. The van der Waals surface area contributed by atoms with E-state index in [9.17, 15) is 4.79 Å². The minimum Gasteiger partial charge on any atom is -0.489 e. The van der Waals surface area contributed by atoms with Crippen molar-refractivity contribution < 1.29 is 23.4 Å². The number of carbonyl (C=O) groups is 1. The normalized spacial score (nSPS) is 12.5. The third-order valence-electron chi connectivity index (χ3n) is 7.09. The fraction of sp³-hybridized carbons (Fsp3) is 0.324. The minimum atomic E-state index is -0.392. The van der Waals surface area contributed by atoms with Gasteiger partial charge in [-0.25, -0.2) is 0 Å². The molecular formula is C37H42O5. The van der Waals surface area contributed by atoms with Crippen LogP contribution in [-0.4, -0.2) is 26.3 Å². The number of rotatable bonds is 15. The van der Waals surface area contributed by atoms with Crippen LogP contribution in [0.15, 0.2) is 89.6 Å². The van der Waals surface area contributed by atoms with Crippen LogP contribution in [-0.2, 0) is 27.3 Å². The summed E-state index contributed by atoms with van der Waals surface area (Å²) in [5, 5.41) is 0.917. The Hall–Kier alpha value is -4.09. The molecule has 0 aliphatic heterocycles. The summed E-state index contributed by atoms with van der Waals surface area (Å²) < 4.78 is 24.0. The Morgan fingerprint density at radius 3 is 2.17 bits per heavy atom. The molecule has 1 atom stereocenters. The van der Waals surface area contributed by atoms with Gasteiger partial charge in [-0.2, -0.15) is 0 Å². The topological polar surface area (TPSA) is 57.9 Å². The Labute approximate surface area is 249 Å². The molecule has 0 saturated heterocycles. The van der Waals surface area contributed by atoms with Crippen LogP contribution in [0.5, 0.6) is 5.75 Å². The molecule has 0 aliphatic carbocycles. The number of ether oxygens (including phenoxy) is 3. The van der Waals surface area contributed by atoms with Crippen molar-refractivity contribution in [2.75, 3.05) is 20.3 Å². The quantitative estimate of drug-likeness (QED) is 0.106. The van der Waals surface area contributed by atoms with E-state index >= 15 is 0 Å². The molecule has 0 aliphatic rings. The van der Waals surface area contributed by atoms with E-state index in [0.29, 0.717) is 37.7 Å². The van der Waals surface area contributed by atoms with Crippen LogP contribution in [0, 0.1) is 5.92 Å². The van der Waals surface area contributed by atoms with Crippen molar-refractivity contribution in [3.63, 3.8) is 0 Å². The number of benzene rings is 3. The molecule has 0 N–H and O–H groups in total. The molecular weight excluding hydrogens is 524 g/mol. The van der Waals surface area contributed by atoms with Crippen molar-refractivity contribution >= 4 is 29.1 Å². The standard InChI is InChI=1S/C37H42O5/c1-5-14-31(37(38)39-4)33-26-42-36-32(33)24-30(23-27(2)3)35(41-22-13-20-29-17-10-7-11-18-29)34(36)25-40-21-12-19-28-15-8-6-9-16-28/h6-13,15-20,24,26-27,31H,5,14,21-23,25H2,1-4H3/b19-12+,20-13+. The number of carbonyl (C=O) groups excluding carboxylic acids is 1. The van der Waals surface area contributed by atoms with Gasteiger partial charge in [-0.15, -0.1) is 0 Å². The first-order valence-electron chi connectivity index (χ1n) is 14.8. The van der Waals surface area contributed by atoms with Gasteiger partial charge in [0.25, 0.3) is 0 Å². The molecule has 5 nitrogen and oxygen atoms in total. The zero-order valence-corrected chi connectivity index (χ0v) is 25.2. The van der Waals surface area contributed by atoms with Crippen LogP contribution < -0.4 is 4.74 Å². The molecule has 5 heteroatoms. The van der Waals surface area contributed by atoms with E-state index in [0.717, 1.165) is 51.8 Å². The summed E-state index contributed by atoms with van der Waals surface area (Å²) in [7, 11) is 1.44. The lowest BCUT2D eigenvalue weighted by atomic mass is 9.91. The molecule has 0 bridgehead atoms. The maximum Gasteiger partial charge on any atom is 0.313 e. The molecule has 1 aromatic heterocycles. The second-order valence-electron chi connectivity index (χ2n) is 10.8. The smallest absolute Gasteiger partial charge is 0.313 e. The van der Waals surface area contributed by atoms with Gasteiger partial charge >= 0.3 is 5.97 Å². The molecule has 1 unspecified atom stereocenters. The van der Waals surface area contributed by atoms with Crippen LogP contribution in [0.3, 0.4) is 0 Å². The highest BCUT2D eigenvalue weighted by Gasteiger charge is 2.28. The highest BCUT2D eigenvalue weighted by Crippen LogP contribution is 2.40. The summed E-state index contributed by atoms with van der Waals surface area (Å²) in [4.78, 5) is 12.8. The van der Waals surface area contributed by atoms with Gasteiger partial charge in [-0.05, 0) is 47.6 Å². The molecule has 0 radical (unpaired) electrons. The average Bonchev–Trinajstić information content (AvgIpc) is 3.42. The summed E-state index contributed by atoms with van der Waals surface area (Å²) in [6.07, 6.45) is 12.2. The predicted molar refractivity (Wildman–Crippen MR) is 171 cm³/mol. The van der Waals surface area contributed by atoms with Gasteiger partial charge in [-0.3, -0.25) is 4.79 Å². The van der Waals surface area contributed by atoms with E-state index in [-0.39, 0.29) is 5.97 Å². The molecule has 220 valence electrons. The largest absolute Gasteiger partial charge is 0.489 e. The van der Waals surface area contributed by atoms with Crippen LogP contribution in [0.1, 0.15) is 67.3 Å². The van der Waals surface area contributed by atoms with Crippen LogP contribution >= 0.6 is 0 Å². The Kier molecular flexibility index (Phi) is 11.6. The number of hydrogen-bond acceptors (Lipinski definition) is 5. The molecule has 4 aromatic rings. The zero-order chi connectivity index (χ0) is 29.7. The molecule has 1 heterocycles. The van der Waals surface area contributed by atoms with Gasteiger partial charge in [0.05, 0.1) is 38.1 Å². The summed E-state index contributed by atoms with van der Waals surface area (Å²) in [5.41, 5.74) is 5.72. The summed E-state index contributed by atoms with van der Waals surface area (Å²) in [5.74, 6) is 0.540. The maximum atomic E-state index is 12.8. The van der Waals surface area contributed by atoms with Gasteiger partial charge in [0.15, 0.2) is 0 Å². The third-order valence-corrected chi connectivity index (χ3v) is 7.09. The van der Waals surface area contributed by atoms with E-state index in [2.05, 4.69) is 57.2 Å². The molecule has 0 saturated carbocycles. The number of furan rings is 1. The van der Waals surface area contributed by atoms with E-state index in [1.54, 1.807) is 6.26 Å². The number of fused-ring (bicyclic) bond motifs is 1. The first-order valence-corrected chi connectivity index (χ1v) is 14.8. The maximum absolute atomic E-state index is 12.8. The Bertz CT molecular complexity index is 1460. The Morgan fingerprint density at radius 1 is 0.929 bits per heavy atom. The molecule has 0 amide bonds. The van der Waals surface area contributed by atoms with E-state index in [1.807, 2.05) is 54.6 Å². The minimum absolute atomic E-state index is 0.250. The number of methoxy groups -OCH3 is 1. The van der Waals surface area contributed by atoms with Gasteiger partial charge in [-0.1, -0.05) is 106 Å². The SMILES string of the molecule is CCCC(C(=O)OC)c1coc2c(COC/C=C/c3ccccc3)c(OC/C=C/c3ccccc3)c(CC(C)C)cc12. The Morgan fingerprint density at radius 2 is 1.57 bits per heavy atom. The lowest BCUT2D eigenvalue weighted by molar-refractivity contribution is -0.142. The molecule has 3 aromatic carbocycles. The average molecular weight is 567 g/mol. The van der Waals surface area contributed by atoms with Gasteiger partial charge in [0.2, 0.25) is 0 Å². The van der Waals surface area contributed by atoms with Crippen molar-refractivity contribution in [1.82, 2.24) is 0 Å². The monoisotopic (exact) mass is 566 g/mol. The lowest BCUT2D eigenvalue weighted by Crippen LogP contribution is -2.14. The van der Waals surface area contributed by atoms with Crippen molar-refractivity contribution in [2.45, 2.75) is 52.6 Å². The van der Waals surface area contributed by atoms with E-state index in [4.69, 9.17) is 18.6 Å². The van der Waals surface area contributed by atoms with Crippen LogP contribution in [0.4, 0.5) is 0 Å². The number of esters is 1. The molecule has 0 spiro atoms. The third kappa shape index (κ3) is 8.23.